The van der Waals surface area contributed by atoms with Gasteiger partial charge in [0.05, 0.1) is 10.4 Å². The van der Waals surface area contributed by atoms with Crippen LogP contribution in [-0.4, -0.2) is 0 Å². The van der Waals surface area contributed by atoms with Gasteiger partial charge in [0.1, 0.15) is 0 Å². The second-order valence-corrected chi connectivity index (χ2v) is 13.7. The molecule has 9 rings (SSSR count). The van der Waals surface area contributed by atoms with Crippen LogP contribution in [0.25, 0.3) is 20.2 Å². The van der Waals surface area contributed by atoms with Crippen molar-refractivity contribution in [2.45, 2.75) is 0 Å². The van der Waals surface area contributed by atoms with Crippen LogP contribution in [0.5, 0.6) is 0 Å². The van der Waals surface area contributed by atoms with E-state index in [1.807, 2.05) is 11.3 Å². The minimum absolute atomic E-state index is 1.09. The highest BCUT2D eigenvalue weighted by atomic mass is 32.1. The summed E-state index contributed by atoms with van der Waals surface area (Å²) in [5.74, 6) is 0. The number of para-hydroxylation sites is 4. The molecule has 8 aromatic carbocycles. The smallest absolute Gasteiger partial charge is 0.0640 e. The molecule has 0 saturated carbocycles. The Labute approximate surface area is 308 Å². The molecule has 0 aliphatic carbocycles. The summed E-state index contributed by atoms with van der Waals surface area (Å²) in [6.45, 7) is 0. The summed E-state index contributed by atoms with van der Waals surface area (Å²) in [7, 11) is 0. The number of benzene rings is 8. The van der Waals surface area contributed by atoms with Crippen molar-refractivity contribution in [1.29, 1.82) is 0 Å². The summed E-state index contributed by atoms with van der Waals surface area (Å²) in [5.41, 5.74) is 9.99. The number of hydrogen-bond donors (Lipinski definition) is 0. The zero-order valence-electron chi connectivity index (χ0n) is 28.5. The molecule has 3 nitrogen and oxygen atoms in total. The van der Waals surface area contributed by atoms with Gasteiger partial charge in [-0.05, 0) is 109 Å². The highest BCUT2D eigenvalue weighted by Crippen LogP contribution is 2.46. The topological polar surface area (TPSA) is 9.72 Å². The van der Waals surface area contributed by atoms with E-state index in [2.05, 4.69) is 227 Å². The van der Waals surface area contributed by atoms with Crippen LogP contribution in [0, 0.1) is 0 Å². The number of nitrogens with zero attached hydrogens (tertiary/aromatic N) is 3. The molecular weight excluding hydrogens is 651 g/mol. The molecule has 4 heteroatoms. The van der Waals surface area contributed by atoms with Crippen LogP contribution in [-0.2, 0) is 0 Å². The molecule has 0 aliphatic rings. The van der Waals surface area contributed by atoms with Gasteiger partial charge in [0.2, 0.25) is 0 Å². The van der Waals surface area contributed by atoms with Crippen molar-refractivity contribution in [3.63, 3.8) is 0 Å². The van der Waals surface area contributed by atoms with Crippen molar-refractivity contribution in [1.82, 2.24) is 0 Å². The first-order valence-corrected chi connectivity index (χ1v) is 18.3. The number of hydrogen-bond acceptors (Lipinski definition) is 4. The van der Waals surface area contributed by atoms with Crippen molar-refractivity contribution < 1.29 is 0 Å². The van der Waals surface area contributed by atoms with E-state index in [0.29, 0.717) is 0 Å². The maximum atomic E-state index is 2.40. The highest BCUT2D eigenvalue weighted by Gasteiger charge is 2.20. The molecule has 0 fully saturated rings. The van der Waals surface area contributed by atoms with Crippen LogP contribution < -0.4 is 14.7 Å². The normalized spacial score (nSPS) is 11.1. The average Bonchev–Trinajstić information content (AvgIpc) is 3.61. The largest absolute Gasteiger partial charge is 0.311 e. The van der Waals surface area contributed by atoms with Gasteiger partial charge in [0.15, 0.2) is 0 Å². The second kappa shape index (κ2) is 13.9. The number of rotatable bonds is 9. The molecule has 0 radical (unpaired) electrons. The lowest BCUT2D eigenvalue weighted by molar-refractivity contribution is 1.25. The van der Waals surface area contributed by atoms with Gasteiger partial charge in [-0.1, -0.05) is 103 Å². The third-order valence-corrected chi connectivity index (χ3v) is 10.6. The molecule has 0 amide bonds. The van der Waals surface area contributed by atoms with E-state index in [4.69, 9.17) is 0 Å². The Morgan fingerprint density at radius 1 is 0.250 bits per heavy atom. The van der Waals surface area contributed by atoms with Crippen molar-refractivity contribution in [2.75, 3.05) is 14.7 Å². The van der Waals surface area contributed by atoms with E-state index in [1.54, 1.807) is 0 Å². The lowest BCUT2D eigenvalue weighted by atomic mass is 10.1. The molecule has 0 bridgehead atoms. The Kier molecular flexibility index (Phi) is 8.41. The quantitative estimate of drug-likeness (QED) is 0.150. The zero-order valence-corrected chi connectivity index (χ0v) is 29.3. The molecule has 0 aliphatic heterocycles. The van der Waals surface area contributed by atoms with Gasteiger partial charge in [-0.2, -0.15) is 0 Å². The predicted molar refractivity (Wildman–Crippen MR) is 223 cm³/mol. The third-order valence-electron chi connectivity index (χ3n) is 9.41. The number of thiophene rings is 1. The summed E-state index contributed by atoms with van der Waals surface area (Å²) in [4.78, 5) is 7.00. The van der Waals surface area contributed by atoms with Crippen LogP contribution in [0.3, 0.4) is 0 Å². The van der Waals surface area contributed by atoms with Crippen LogP contribution >= 0.6 is 11.3 Å². The maximum Gasteiger partial charge on any atom is 0.0640 e. The Balaban J connectivity index is 1.18. The van der Waals surface area contributed by atoms with Gasteiger partial charge in [-0.3, -0.25) is 0 Å². The minimum atomic E-state index is 1.09. The van der Waals surface area contributed by atoms with Gasteiger partial charge in [-0.25, -0.2) is 0 Å². The molecule has 52 heavy (non-hydrogen) atoms. The first-order chi connectivity index (χ1) is 25.8. The first kappa shape index (κ1) is 31.4. The number of fused-ring (bicyclic) bond motifs is 3. The molecule has 0 N–H and O–H groups in total. The second-order valence-electron chi connectivity index (χ2n) is 12.6. The zero-order chi connectivity index (χ0) is 34.7. The molecule has 248 valence electrons. The van der Waals surface area contributed by atoms with E-state index in [0.717, 1.165) is 51.2 Å². The summed E-state index contributed by atoms with van der Waals surface area (Å²) >= 11 is 1.85. The van der Waals surface area contributed by atoms with Crippen LogP contribution in [0.1, 0.15) is 0 Å². The Hall–Kier alpha value is -6.62. The predicted octanol–water partition coefficient (Wildman–Crippen LogP) is 14.5. The molecule has 1 heterocycles. The molecule has 0 saturated heterocycles. The first-order valence-electron chi connectivity index (χ1n) is 17.5. The Morgan fingerprint density at radius 2 is 0.577 bits per heavy atom. The van der Waals surface area contributed by atoms with Crippen molar-refractivity contribution >= 4 is 82.7 Å². The summed E-state index contributed by atoms with van der Waals surface area (Å²) < 4.78 is 2.56. The van der Waals surface area contributed by atoms with Crippen molar-refractivity contribution in [3.8, 4) is 0 Å². The molecular formula is C48H35N3S. The van der Waals surface area contributed by atoms with Crippen LogP contribution in [0.4, 0.5) is 51.2 Å². The van der Waals surface area contributed by atoms with Crippen molar-refractivity contribution in [2.24, 2.45) is 0 Å². The molecule has 0 spiro atoms. The van der Waals surface area contributed by atoms with Gasteiger partial charge >= 0.3 is 0 Å². The lowest BCUT2D eigenvalue weighted by Crippen LogP contribution is -2.13. The fraction of sp³-hybridized carbons (Fsp3) is 0. The van der Waals surface area contributed by atoms with Gasteiger partial charge < -0.3 is 14.7 Å². The van der Waals surface area contributed by atoms with Crippen LogP contribution in [0.15, 0.2) is 212 Å². The van der Waals surface area contributed by atoms with E-state index in [-0.39, 0.29) is 0 Å². The monoisotopic (exact) mass is 685 g/mol. The number of anilines is 9. The SMILES string of the molecule is c1ccc(N(c2ccccc2)c2ccc(N(c3ccc(N(c4ccccc4)c4ccccc4)cc3)c3cccc4c3sc3ccccc34)cc2)cc1. The average molecular weight is 686 g/mol. The van der Waals surface area contributed by atoms with E-state index >= 15 is 0 Å². The Morgan fingerprint density at radius 3 is 1.00 bits per heavy atom. The maximum absolute atomic E-state index is 2.40. The molecule has 0 unspecified atom stereocenters. The summed E-state index contributed by atoms with van der Waals surface area (Å²) in [5, 5.41) is 2.56. The molecule has 1 aromatic heterocycles. The molecule has 0 atom stereocenters. The third kappa shape index (κ3) is 5.96. The van der Waals surface area contributed by atoms with Crippen molar-refractivity contribution in [3.05, 3.63) is 212 Å². The summed E-state index contributed by atoms with van der Waals surface area (Å²) in [6.07, 6.45) is 0. The van der Waals surface area contributed by atoms with Gasteiger partial charge in [0.25, 0.3) is 0 Å². The van der Waals surface area contributed by atoms with Gasteiger partial charge in [0, 0.05) is 61.0 Å². The molecule has 9 aromatic rings. The standard InChI is InChI=1S/C48H35N3S/c1-5-16-36(17-6-1)49(37-18-7-2-8-19-37)40-28-32-42(33-29-40)51(46-26-15-25-45-44-24-13-14-27-47(44)52-48(45)46)43-34-30-41(31-35-43)50(38-20-9-3-10-21-38)39-22-11-4-12-23-39/h1-35H. The van der Waals surface area contributed by atoms with Crippen LogP contribution in [0.2, 0.25) is 0 Å². The lowest BCUT2D eigenvalue weighted by Gasteiger charge is -2.29. The fourth-order valence-corrected chi connectivity index (χ4v) is 8.25. The summed E-state index contributed by atoms with van der Waals surface area (Å²) in [6, 6.07) is 75.5. The minimum Gasteiger partial charge on any atom is -0.311 e. The van der Waals surface area contributed by atoms with E-state index in [1.165, 1.54) is 20.2 Å². The van der Waals surface area contributed by atoms with E-state index in [9.17, 15) is 0 Å². The highest BCUT2D eigenvalue weighted by molar-refractivity contribution is 7.26. The van der Waals surface area contributed by atoms with E-state index < -0.39 is 0 Å². The fourth-order valence-electron chi connectivity index (χ4n) is 7.04. The Bertz CT molecular complexity index is 2350. The van der Waals surface area contributed by atoms with Gasteiger partial charge in [-0.15, -0.1) is 11.3 Å².